The van der Waals surface area contributed by atoms with Gasteiger partial charge in [-0.2, -0.15) is 0 Å². The highest BCUT2D eigenvalue weighted by molar-refractivity contribution is 7.89. The number of carbonyl (C=O) groups excluding carboxylic acids is 1. The summed E-state index contributed by atoms with van der Waals surface area (Å²) in [4.78, 5) is 14.4. The molecule has 0 bridgehead atoms. The number of rotatable bonds is 6. The van der Waals surface area contributed by atoms with E-state index in [0.717, 1.165) is 24.8 Å². The molecule has 5 nitrogen and oxygen atoms in total. The summed E-state index contributed by atoms with van der Waals surface area (Å²) in [5.41, 5.74) is 1.23. The molecule has 0 atom stereocenters. The maximum atomic E-state index is 12.9. The van der Waals surface area contributed by atoms with Crippen LogP contribution in [-0.4, -0.2) is 38.9 Å². The number of hydrogen-bond acceptors (Lipinski definition) is 3. The molecule has 1 saturated heterocycles. The van der Waals surface area contributed by atoms with Crippen LogP contribution in [0.1, 0.15) is 35.2 Å². The van der Waals surface area contributed by atoms with Gasteiger partial charge in [0.2, 0.25) is 10.0 Å². The summed E-state index contributed by atoms with van der Waals surface area (Å²) in [5, 5.41) is 0. The van der Waals surface area contributed by atoms with Crippen LogP contribution in [0.15, 0.2) is 53.4 Å². The van der Waals surface area contributed by atoms with Crippen LogP contribution in [0.2, 0.25) is 0 Å². The monoisotopic (exact) mass is 390 g/mol. The molecule has 0 radical (unpaired) electrons. The summed E-state index contributed by atoms with van der Waals surface area (Å²) in [6.45, 7) is 1.62. The van der Waals surface area contributed by atoms with Crippen LogP contribution in [0.5, 0.6) is 0 Å². The Morgan fingerprint density at radius 3 is 2.44 bits per heavy atom. The fraction of sp³-hybridized carbons (Fsp3) is 0.350. The highest BCUT2D eigenvalue weighted by atomic mass is 32.2. The summed E-state index contributed by atoms with van der Waals surface area (Å²) < 4.78 is 40.5. The average molecular weight is 390 g/mol. The zero-order valence-corrected chi connectivity index (χ0v) is 15.8. The molecule has 2 aromatic rings. The van der Waals surface area contributed by atoms with Crippen LogP contribution in [0.3, 0.4) is 0 Å². The Morgan fingerprint density at radius 2 is 1.74 bits per heavy atom. The van der Waals surface area contributed by atoms with E-state index < -0.39 is 10.0 Å². The van der Waals surface area contributed by atoms with Gasteiger partial charge in [0.05, 0.1) is 4.90 Å². The van der Waals surface area contributed by atoms with Gasteiger partial charge in [0.25, 0.3) is 5.91 Å². The zero-order chi connectivity index (χ0) is 19.3. The molecule has 1 aliphatic heterocycles. The van der Waals surface area contributed by atoms with Crippen LogP contribution in [0.4, 0.5) is 4.39 Å². The fourth-order valence-electron chi connectivity index (χ4n) is 3.14. The Bertz CT molecular complexity index is 892. The van der Waals surface area contributed by atoms with E-state index in [0.29, 0.717) is 25.1 Å². The Kier molecular flexibility index (Phi) is 6.23. The SMILES string of the molecule is O=C(c1cccc(S(=O)(=O)NCCc2ccc(F)cc2)c1)N1CCCCC1. The van der Waals surface area contributed by atoms with E-state index >= 15 is 0 Å². The minimum Gasteiger partial charge on any atom is -0.339 e. The third kappa shape index (κ3) is 5.14. The van der Waals surface area contributed by atoms with Gasteiger partial charge >= 0.3 is 0 Å². The molecular weight excluding hydrogens is 367 g/mol. The minimum atomic E-state index is -3.72. The van der Waals surface area contributed by atoms with Gasteiger partial charge in [-0.25, -0.2) is 17.5 Å². The lowest BCUT2D eigenvalue weighted by molar-refractivity contribution is 0.0724. The van der Waals surface area contributed by atoms with Crippen molar-refractivity contribution in [3.05, 3.63) is 65.5 Å². The Morgan fingerprint density at radius 1 is 1.04 bits per heavy atom. The van der Waals surface area contributed by atoms with Crippen LogP contribution >= 0.6 is 0 Å². The molecule has 0 aromatic heterocycles. The second kappa shape index (κ2) is 8.63. The van der Waals surface area contributed by atoms with E-state index in [1.54, 1.807) is 29.2 Å². The molecule has 1 aliphatic rings. The van der Waals surface area contributed by atoms with Crippen molar-refractivity contribution in [2.45, 2.75) is 30.6 Å². The van der Waals surface area contributed by atoms with Crippen molar-refractivity contribution in [3.63, 3.8) is 0 Å². The van der Waals surface area contributed by atoms with Crippen LogP contribution < -0.4 is 4.72 Å². The van der Waals surface area contributed by atoms with Crippen LogP contribution in [0.25, 0.3) is 0 Å². The van der Waals surface area contributed by atoms with Gasteiger partial charge in [-0.05, 0) is 61.6 Å². The molecule has 7 heteroatoms. The molecule has 1 amide bonds. The zero-order valence-electron chi connectivity index (χ0n) is 15.0. The van der Waals surface area contributed by atoms with Crippen LogP contribution in [-0.2, 0) is 16.4 Å². The van der Waals surface area contributed by atoms with Gasteiger partial charge in [0.15, 0.2) is 0 Å². The largest absolute Gasteiger partial charge is 0.339 e. The van der Waals surface area contributed by atoms with E-state index in [-0.39, 0.29) is 23.2 Å². The third-order valence-corrected chi connectivity index (χ3v) is 6.11. The summed E-state index contributed by atoms with van der Waals surface area (Å²) in [6.07, 6.45) is 3.53. The molecule has 2 aromatic carbocycles. The second-order valence-corrected chi connectivity index (χ2v) is 8.42. The molecule has 1 fully saturated rings. The smallest absolute Gasteiger partial charge is 0.253 e. The number of halogens is 1. The molecule has 3 rings (SSSR count). The van der Waals surface area contributed by atoms with Crippen molar-refractivity contribution in [2.24, 2.45) is 0 Å². The quantitative estimate of drug-likeness (QED) is 0.825. The van der Waals surface area contributed by atoms with Gasteiger partial charge in [-0.3, -0.25) is 4.79 Å². The van der Waals surface area contributed by atoms with Crippen molar-refractivity contribution < 1.29 is 17.6 Å². The molecule has 0 saturated carbocycles. The number of nitrogens with one attached hydrogen (secondary N) is 1. The molecule has 0 unspecified atom stereocenters. The van der Waals surface area contributed by atoms with Gasteiger partial charge in [0.1, 0.15) is 5.82 Å². The van der Waals surface area contributed by atoms with E-state index in [1.165, 1.54) is 24.3 Å². The maximum absolute atomic E-state index is 12.9. The van der Waals surface area contributed by atoms with E-state index in [9.17, 15) is 17.6 Å². The highest BCUT2D eigenvalue weighted by Gasteiger charge is 2.20. The minimum absolute atomic E-state index is 0.0736. The Hall–Kier alpha value is -2.25. The standard InChI is InChI=1S/C20H23FN2O3S/c21-18-9-7-16(8-10-18)11-12-22-27(25,26)19-6-4-5-17(15-19)20(24)23-13-2-1-3-14-23/h4-10,15,22H,1-3,11-14H2. The lowest BCUT2D eigenvalue weighted by atomic mass is 10.1. The number of nitrogens with zero attached hydrogens (tertiary/aromatic N) is 1. The molecule has 27 heavy (non-hydrogen) atoms. The summed E-state index contributed by atoms with van der Waals surface area (Å²) in [6, 6.07) is 12.1. The second-order valence-electron chi connectivity index (χ2n) is 6.65. The van der Waals surface area contributed by atoms with Crippen molar-refractivity contribution in [3.8, 4) is 0 Å². The number of benzene rings is 2. The van der Waals surface area contributed by atoms with E-state index in [4.69, 9.17) is 0 Å². The normalized spacial score (nSPS) is 14.9. The summed E-state index contributed by atoms with van der Waals surface area (Å²) >= 11 is 0. The average Bonchev–Trinajstić information content (AvgIpc) is 2.69. The number of carbonyl (C=O) groups is 1. The predicted molar refractivity (Wildman–Crippen MR) is 101 cm³/mol. The van der Waals surface area contributed by atoms with Crippen molar-refractivity contribution in [1.29, 1.82) is 0 Å². The first-order valence-corrected chi connectivity index (χ1v) is 10.6. The van der Waals surface area contributed by atoms with Gasteiger partial charge < -0.3 is 4.90 Å². The Balaban J connectivity index is 1.65. The molecular formula is C20H23FN2O3S. The fourth-order valence-corrected chi connectivity index (χ4v) is 4.22. The maximum Gasteiger partial charge on any atom is 0.253 e. The molecule has 0 aliphatic carbocycles. The first kappa shape index (κ1) is 19.5. The molecule has 0 spiro atoms. The lowest BCUT2D eigenvalue weighted by Gasteiger charge is -2.26. The highest BCUT2D eigenvalue weighted by Crippen LogP contribution is 2.16. The van der Waals surface area contributed by atoms with E-state index in [1.807, 2.05) is 0 Å². The Labute approximate surface area is 159 Å². The van der Waals surface area contributed by atoms with Gasteiger partial charge in [-0.1, -0.05) is 18.2 Å². The number of sulfonamides is 1. The van der Waals surface area contributed by atoms with E-state index in [2.05, 4.69) is 4.72 Å². The van der Waals surface area contributed by atoms with Crippen molar-refractivity contribution in [2.75, 3.05) is 19.6 Å². The number of piperidine rings is 1. The third-order valence-electron chi connectivity index (χ3n) is 4.65. The molecule has 1 heterocycles. The number of amides is 1. The van der Waals surface area contributed by atoms with Gasteiger partial charge in [0, 0.05) is 25.2 Å². The van der Waals surface area contributed by atoms with Crippen molar-refractivity contribution >= 4 is 15.9 Å². The number of likely N-dealkylation sites (tertiary alicyclic amines) is 1. The summed E-state index contributed by atoms with van der Waals surface area (Å²) in [5.74, 6) is -0.451. The number of hydrogen-bond donors (Lipinski definition) is 1. The molecule has 1 N–H and O–H groups in total. The van der Waals surface area contributed by atoms with Crippen molar-refractivity contribution in [1.82, 2.24) is 9.62 Å². The predicted octanol–water partition coefficient (Wildman–Crippen LogP) is 2.97. The molecule has 144 valence electrons. The van der Waals surface area contributed by atoms with Crippen LogP contribution in [0, 0.1) is 5.82 Å². The lowest BCUT2D eigenvalue weighted by Crippen LogP contribution is -2.35. The first-order valence-electron chi connectivity index (χ1n) is 9.09. The first-order chi connectivity index (χ1) is 13.0. The summed E-state index contributed by atoms with van der Waals surface area (Å²) in [7, 11) is -3.72. The van der Waals surface area contributed by atoms with Gasteiger partial charge in [-0.15, -0.1) is 0 Å². The topological polar surface area (TPSA) is 66.5 Å².